The Morgan fingerprint density at radius 2 is 1.25 bits per heavy atom. The largest absolute Gasteiger partial charge is 0.480 e. The van der Waals surface area contributed by atoms with Gasteiger partial charge in [-0.2, -0.15) is 0 Å². The molecular formula is C53H67N11O12. The number of rotatable bonds is 19. The molecule has 4 aromatic rings. The van der Waals surface area contributed by atoms with Crippen LogP contribution in [0, 0.1) is 0 Å². The van der Waals surface area contributed by atoms with E-state index in [-0.39, 0.29) is 82.4 Å². The molecule has 1 atom stereocenters. The van der Waals surface area contributed by atoms with Crippen molar-refractivity contribution < 1.29 is 58.1 Å². The van der Waals surface area contributed by atoms with Crippen molar-refractivity contribution in [1.29, 1.82) is 0 Å². The van der Waals surface area contributed by atoms with Gasteiger partial charge in [-0.15, -0.1) is 0 Å². The molecule has 3 fully saturated rings. The van der Waals surface area contributed by atoms with Crippen LogP contribution in [0.5, 0.6) is 0 Å². The van der Waals surface area contributed by atoms with Gasteiger partial charge in [0.25, 0.3) is 11.8 Å². The molecule has 4 amide bonds. The summed E-state index contributed by atoms with van der Waals surface area (Å²) in [5.74, 6) is -4.70. The second-order valence-corrected chi connectivity index (χ2v) is 19.3. The highest BCUT2D eigenvalue weighted by atomic mass is 16.4. The van der Waals surface area contributed by atoms with Crippen LogP contribution in [-0.4, -0.2) is 244 Å². The molecule has 2 aromatic heterocycles. The van der Waals surface area contributed by atoms with E-state index in [1.807, 2.05) is 30.0 Å². The smallest absolute Gasteiger partial charge is 0.317 e. The topological polar surface area (TPSA) is 283 Å². The molecule has 3 saturated heterocycles. The maximum atomic E-state index is 13.6. The van der Waals surface area contributed by atoms with E-state index in [4.69, 9.17) is 4.42 Å². The average molecular weight is 1050 g/mol. The first kappa shape index (κ1) is 56.3. The lowest BCUT2D eigenvalue weighted by atomic mass is 10.0. The highest BCUT2D eigenvalue weighted by Crippen LogP contribution is 2.25. The molecule has 7 rings (SSSR count). The molecule has 406 valence electrons. The fourth-order valence-corrected chi connectivity index (χ4v) is 9.59. The van der Waals surface area contributed by atoms with Crippen LogP contribution in [0.3, 0.4) is 0 Å². The third-order valence-electron chi connectivity index (χ3n) is 14.0. The molecule has 23 nitrogen and oxygen atoms in total. The summed E-state index contributed by atoms with van der Waals surface area (Å²) in [5, 5.41) is 34.8. The predicted octanol–water partition coefficient (Wildman–Crippen LogP) is 1.07. The maximum absolute atomic E-state index is 13.6. The number of hydrogen-bond acceptors (Lipinski definition) is 16. The second kappa shape index (κ2) is 26.9. The Kier molecular flexibility index (Phi) is 19.9. The Hall–Kier alpha value is -7.44. The van der Waals surface area contributed by atoms with Crippen LogP contribution in [0.4, 0.5) is 0 Å². The SMILES string of the molecule is C/C(=C\C=C(/C)c1ccc2nccc(C(=O)NCC(=O)N3CCC[C@H]3C(=O)c3nc4ccccc4o3)c2c1)C(=O)NCCN1CCN(C(=O)CN2CCN(CC(=O)O)CCN(CC(=O)O)CCN(CC(=O)O)CC2)CC1. The Labute approximate surface area is 439 Å². The van der Waals surface area contributed by atoms with Gasteiger partial charge in [-0.1, -0.05) is 30.4 Å². The number of benzene rings is 2. The maximum Gasteiger partial charge on any atom is 0.317 e. The van der Waals surface area contributed by atoms with E-state index < -0.39 is 35.8 Å². The number of ketones is 1. The van der Waals surface area contributed by atoms with Crippen molar-refractivity contribution >= 4 is 74.9 Å². The van der Waals surface area contributed by atoms with Crippen LogP contribution < -0.4 is 10.6 Å². The van der Waals surface area contributed by atoms with Gasteiger partial charge in [-0.3, -0.25) is 67.8 Å². The highest BCUT2D eigenvalue weighted by Gasteiger charge is 2.37. The summed E-state index contributed by atoms with van der Waals surface area (Å²) in [5.41, 5.74) is 4.04. The van der Waals surface area contributed by atoms with Crippen LogP contribution in [0.2, 0.25) is 0 Å². The number of carboxylic acid groups (broad SMARTS) is 3. The van der Waals surface area contributed by atoms with Crippen molar-refractivity contribution in [2.45, 2.75) is 32.7 Å². The first-order chi connectivity index (χ1) is 36.5. The minimum Gasteiger partial charge on any atom is -0.480 e. The number of carbonyl (C=O) groups excluding carboxylic acids is 5. The Bertz CT molecular complexity index is 2780. The Balaban J connectivity index is 0.864. The van der Waals surface area contributed by atoms with E-state index in [9.17, 15) is 53.7 Å². The molecule has 5 N–H and O–H groups in total. The number of likely N-dealkylation sites (tertiary alicyclic amines) is 1. The molecular weight excluding hydrogens is 983 g/mol. The minimum atomic E-state index is -1.03. The van der Waals surface area contributed by atoms with Crippen molar-refractivity contribution in [3.8, 4) is 0 Å². The van der Waals surface area contributed by atoms with Crippen molar-refractivity contribution in [2.24, 2.45) is 0 Å². The van der Waals surface area contributed by atoms with Crippen LogP contribution >= 0.6 is 0 Å². The minimum absolute atomic E-state index is 0.0513. The normalized spacial score (nSPS) is 18.5. The fourth-order valence-electron chi connectivity index (χ4n) is 9.59. The van der Waals surface area contributed by atoms with Gasteiger partial charge < -0.3 is 40.2 Å². The van der Waals surface area contributed by atoms with Gasteiger partial charge in [0.05, 0.1) is 43.8 Å². The van der Waals surface area contributed by atoms with Crippen molar-refractivity contribution in [2.75, 3.05) is 131 Å². The number of nitrogens with zero attached hydrogens (tertiary/aromatic N) is 9. The van der Waals surface area contributed by atoms with Crippen molar-refractivity contribution in [3.05, 3.63) is 89.5 Å². The van der Waals surface area contributed by atoms with Gasteiger partial charge in [-0.05, 0) is 68.2 Å². The number of hydrogen-bond donors (Lipinski definition) is 5. The number of aliphatic carboxylic acids is 3. The zero-order chi connectivity index (χ0) is 54.3. The molecule has 0 aliphatic carbocycles. The van der Waals surface area contributed by atoms with Gasteiger partial charge >= 0.3 is 17.9 Å². The average Bonchev–Trinajstić information content (AvgIpc) is 4.08. The van der Waals surface area contributed by atoms with E-state index in [2.05, 4.69) is 25.5 Å². The number of carboxylic acids is 3. The number of pyridine rings is 1. The zero-order valence-corrected chi connectivity index (χ0v) is 43.0. The van der Waals surface area contributed by atoms with Crippen LogP contribution in [0.1, 0.15) is 53.3 Å². The molecule has 0 radical (unpaired) electrons. The Morgan fingerprint density at radius 1 is 0.658 bits per heavy atom. The van der Waals surface area contributed by atoms with Crippen molar-refractivity contribution in [3.63, 3.8) is 0 Å². The zero-order valence-electron chi connectivity index (χ0n) is 43.0. The molecule has 0 unspecified atom stereocenters. The van der Waals surface area contributed by atoms with Gasteiger partial charge in [-0.25, -0.2) is 4.98 Å². The molecule has 5 heterocycles. The summed E-state index contributed by atoms with van der Waals surface area (Å²) in [7, 11) is 0. The lowest BCUT2D eigenvalue weighted by Crippen LogP contribution is -2.53. The number of aromatic nitrogens is 2. The third kappa shape index (κ3) is 15.8. The number of Topliss-reactive ketones (excluding diaryl/α,β-unsaturated/α-hetero) is 1. The standard InChI is InChI=1S/C53H67N11O12/c1-36(38-11-12-41-40(30-38)39(13-14-54-41)52(75)56-31-45(65)64-16-5-7-43(64)50(73)53-57-42-6-3-4-8-44(42)76-53)9-10-37(2)51(74)55-15-17-58-26-28-63(29-27-58)46(66)32-59-18-20-60(33-47(67)68)22-24-62(35-49(71)72)25-23-61(21-19-59)34-48(69)70/h3-4,6,8-14,30,43H,5,7,15-29,31-35H2,1-2H3,(H,55,74)(H,56,75)(H,67,68)(H,69,70)(H,71,72)/b36-9+,37-10+/t43-/m0/s1. The van der Waals surface area contributed by atoms with E-state index >= 15 is 0 Å². The number of carbonyl (C=O) groups is 8. The third-order valence-corrected chi connectivity index (χ3v) is 14.0. The molecule has 0 bridgehead atoms. The summed E-state index contributed by atoms with van der Waals surface area (Å²) in [6.07, 6.45) is 6.16. The predicted molar refractivity (Wildman–Crippen MR) is 279 cm³/mol. The fraction of sp³-hybridized carbons (Fsp3) is 0.472. The molecule has 2 aromatic carbocycles. The summed E-state index contributed by atoms with van der Waals surface area (Å²) >= 11 is 0. The molecule has 0 saturated carbocycles. The number of nitrogens with one attached hydrogen (secondary N) is 2. The van der Waals surface area contributed by atoms with Gasteiger partial charge in [0, 0.05) is 115 Å². The lowest BCUT2D eigenvalue weighted by Gasteiger charge is -2.37. The summed E-state index contributed by atoms with van der Waals surface area (Å²) < 4.78 is 5.68. The van der Waals surface area contributed by atoms with Crippen LogP contribution in [0.25, 0.3) is 27.6 Å². The van der Waals surface area contributed by atoms with E-state index in [1.54, 1.807) is 69.0 Å². The molecule has 3 aliphatic heterocycles. The summed E-state index contributed by atoms with van der Waals surface area (Å²) in [6, 6.07) is 13.4. The van der Waals surface area contributed by atoms with Crippen LogP contribution in [0.15, 0.2) is 76.9 Å². The Morgan fingerprint density at radius 3 is 1.86 bits per heavy atom. The number of oxazole rings is 1. The van der Waals surface area contributed by atoms with E-state index in [0.717, 1.165) is 11.1 Å². The lowest BCUT2D eigenvalue weighted by molar-refractivity contribution is -0.141. The van der Waals surface area contributed by atoms with Gasteiger partial charge in [0.15, 0.2) is 5.58 Å². The highest BCUT2D eigenvalue weighted by molar-refractivity contribution is 6.08. The summed E-state index contributed by atoms with van der Waals surface area (Å²) in [4.78, 5) is 123. The number of allylic oxidation sites excluding steroid dienone is 3. The molecule has 23 heteroatoms. The number of fused-ring (bicyclic) bond motifs is 2. The van der Waals surface area contributed by atoms with Gasteiger partial charge in [0.2, 0.25) is 23.5 Å². The number of piperazine rings is 1. The van der Waals surface area contributed by atoms with Crippen LogP contribution in [-0.2, 0) is 28.8 Å². The first-order valence-electron chi connectivity index (χ1n) is 25.6. The second-order valence-electron chi connectivity index (χ2n) is 19.3. The first-order valence-corrected chi connectivity index (χ1v) is 25.6. The molecule has 76 heavy (non-hydrogen) atoms. The van der Waals surface area contributed by atoms with Crippen molar-refractivity contribution in [1.82, 2.24) is 54.9 Å². The number of amides is 4. The number of para-hydroxylation sites is 2. The molecule has 3 aliphatic rings. The molecule has 0 spiro atoms. The van der Waals surface area contributed by atoms with E-state index in [1.165, 1.54) is 11.1 Å². The monoisotopic (exact) mass is 1050 g/mol. The quantitative estimate of drug-likeness (QED) is 0.0499. The van der Waals surface area contributed by atoms with Gasteiger partial charge in [0.1, 0.15) is 11.6 Å². The summed E-state index contributed by atoms with van der Waals surface area (Å²) in [6.45, 7) is 8.57. The van der Waals surface area contributed by atoms with E-state index in [0.29, 0.717) is 118 Å².